The van der Waals surface area contributed by atoms with Crippen molar-refractivity contribution in [2.24, 2.45) is 10.9 Å². The Morgan fingerprint density at radius 2 is 2.05 bits per heavy atom. The number of amidine groups is 1. The minimum atomic E-state index is -0.479. The lowest BCUT2D eigenvalue weighted by Gasteiger charge is -2.11. The van der Waals surface area contributed by atoms with E-state index in [9.17, 15) is 4.39 Å². The largest absolute Gasteiger partial charge is 0.487 e. The molecule has 0 heterocycles. The topological polar surface area (TPSA) is 67.8 Å². The predicted octanol–water partition coefficient (Wildman–Crippen LogP) is 3.15. The molecule has 0 atom stereocenters. The molecule has 2 aromatic rings. The van der Waals surface area contributed by atoms with Crippen LogP contribution < -0.4 is 10.5 Å². The zero-order chi connectivity index (χ0) is 14.5. The molecule has 0 spiro atoms. The zero-order valence-corrected chi connectivity index (χ0v) is 11.1. The summed E-state index contributed by atoms with van der Waals surface area (Å²) in [5.41, 5.74) is 6.38. The van der Waals surface area contributed by atoms with Gasteiger partial charge in [0.25, 0.3) is 0 Å². The normalized spacial score (nSPS) is 11.4. The van der Waals surface area contributed by atoms with Crippen molar-refractivity contribution in [3.8, 4) is 5.75 Å². The number of halogens is 2. The van der Waals surface area contributed by atoms with E-state index >= 15 is 0 Å². The number of para-hydroxylation sites is 1. The molecule has 0 radical (unpaired) electrons. The van der Waals surface area contributed by atoms with Crippen LogP contribution in [0.5, 0.6) is 5.75 Å². The summed E-state index contributed by atoms with van der Waals surface area (Å²) < 4.78 is 18.8. The molecule has 0 bridgehead atoms. The number of oxime groups is 1. The summed E-state index contributed by atoms with van der Waals surface area (Å²) in [4.78, 5) is 0. The lowest BCUT2D eigenvalue weighted by molar-refractivity contribution is 0.305. The van der Waals surface area contributed by atoms with Crippen LogP contribution in [0.4, 0.5) is 4.39 Å². The third-order valence-electron chi connectivity index (χ3n) is 2.68. The summed E-state index contributed by atoms with van der Waals surface area (Å²) in [6, 6.07) is 11.0. The Morgan fingerprint density at radius 3 is 2.75 bits per heavy atom. The van der Waals surface area contributed by atoms with Gasteiger partial charge in [-0.2, -0.15) is 0 Å². The fourth-order valence-corrected chi connectivity index (χ4v) is 1.87. The lowest BCUT2D eigenvalue weighted by atomic mass is 10.1. The minimum absolute atomic E-state index is 0.121. The van der Waals surface area contributed by atoms with Gasteiger partial charge >= 0.3 is 0 Å². The molecule has 3 N–H and O–H groups in total. The van der Waals surface area contributed by atoms with Gasteiger partial charge in [0.2, 0.25) is 0 Å². The van der Waals surface area contributed by atoms with Crippen molar-refractivity contribution in [3.05, 3.63) is 64.4 Å². The van der Waals surface area contributed by atoms with Crippen LogP contribution in [0.3, 0.4) is 0 Å². The fourth-order valence-electron chi connectivity index (χ4n) is 1.68. The van der Waals surface area contributed by atoms with Crippen molar-refractivity contribution in [1.82, 2.24) is 0 Å². The number of hydrogen-bond donors (Lipinski definition) is 2. The lowest BCUT2D eigenvalue weighted by Crippen LogP contribution is -2.17. The standard InChI is InChI=1S/C14H12ClFN2O2/c15-12-3-1-2-4-13(12)20-8-9-5-6-10(16)7-11(9)14(17)18-19/h1-7,19H,8H2,(H2,17,18). The third kappa shape index (κ3) is 3.19. The molecule has 104 valence electrons. The molecular formula is C14H12ClFN2O2. The highest BCUT2D eigenvalue weighted by Gasteiger charge is 2.10. The second-order valence-electron chi connectivity index (χ2n) is 4.01. The first kappa shape index (κ1) is 14.1. The Hall–Kier alpha value is -2.27. The first-order valence-electron chi connectivity index (χ1n) is 5.75. The van der Waals surface area contributed by atoms with Crippen LogP contribution in [0.1, 0.15) is 11.1 Å². The average molecular weight is 295 g/mol. The molecular weight excluding hydrogens is 283 g/mol. The SMILES string of the molecule is NC(=NO)c1cc(F)ccc1COc1ccccc1Cl. The molecule has 4 nitrogen and oxygen atoms in total. The van der Waals surface area contributed by atoms with Crippen molar-refractivity contribution < 1.29 is 14.3 Å². The van der Waals surface area contributed by atoms with E-state index in [4.69, 9.17) is 27.3 Å². The number of benzene rings is 2. The molecule has 20 heavy (non-hydrogen) atoms. The fraction of sp³-hybridized carbons (Fsp3) is 0.0714. The molecule has 0 fully saturated rings. The van der Waals surface area contributed by atoms with E-state index in [1.807, 2.05) is 0 Å². The monoisotopic (exact) mass is 294 g/mol. The van der Waals surface area contributed by atoms with Gasteiger partial charge in [0, 0.05) is 11.1 Å². The van der Waals surface area contributed by atoms with Gasteiger partial charge in [-0.15, -0.1) is 0 Å². The van der Waals surface area contributed by atoms with Crippen LogP contribution in [0.25, 0.3) is 0 Å². The quantitative estimate of drug-likeness (QED) is 0.394. The summed E-state index contributed by atoms with van der Waals surface area (Å²) in [5.74, 6) is -0.153. The van der Waals surface area contributed by atoms with Gasteiger partial charge in [-0.25, -0.2) is 4.39 Å². The van der Waals surface area contributed by atoms with Crippen LogP contribution in [0.15, 0.2) is 47.6 Å². The van der Waals surface area contributed by atoms with E-state index in [0.717, 1.165) is 0 Å². The summed E-state index contributed by atoms with van der Waals surface area (Å²) in [7, 11) is 0. The highest BCUT2D eigenvalue weighted by Crippen LogP contribution is 2.24. The number of rotatable bonds is 4. The van der Waals surface area contributed by atoms with E-state index < -0.39 is 5.82 Å². The Labute approximate surface area is 120 Å². The van der Waals surface area contributed by atoms with Gasteiger partial charge < -0.3 is 15.7 Å². The Morgan fingerprint density at radius 1 is 1.30 bits per heavy atom. The highest BCUT2D eigenvalue weighted by atomic mass is 35.5. The zero-order valence-electron chi connectivity index (χ0n) is 10.4. The van der Waals surface area contributed by atoms with Gasteiger partial charge in [0.15, 0.2) is 5.84 Å². The first-order chi connectivity index (χ1) is 9.61. The summed E-state index contributed by atoms with van der Waals surface area (Å²) >= 11 is 5.97. The van der Waals surface area contributed by atoms with Crippen LogP contribution in [0.2, 0.25) is 5.02 Å². The Kier molecular flexibility index (Phi) is 4.42. The third-order valence-corrected chi connectivity index (χ3v) is 2.99. The molecule has 0 saturated carbocycles. The molecule has 0 aliphatic heterocycles. The van der Waals surface area contributed by atoms with Crippen LogP contribution >= 0.6 is 11.6 Å². The van der Waals surface area contributed by atoms with Gasteiger partial charge in [-0.3, -0.25) is 0 Å². The van der Waals surface area contributed by atoms with Crippen molar-refractivity contribution >= 4 is 17.4 Å². The first-order valence-corrected chi connectivity index (χ1v) is 6.13. The molecule has 6 heteroatoms. The smallest absolute Gasteiger partial charge is 0.170 e. The molecule has 0 aliphatic rings. The van der Waals surface area contributed by atoms with Gasteiger partial charge in [0.1, 0.15) is 18.2 Å². The van der Waals surface area contributed by atoms with Gasteiger partial charge in [0.05, 0.1) is 5.02 Å². The molecule has 2 aromatic carbocycles. The molecule has 0 amide bonds. The van der Waals surface area contributed by atoms with E-state index in [0.29, 0.717) is 16.3 Å². The second kappa shape index (κ2) is 6.25. The maximum atomic E-state index is 13.2. The maximum absolute atomic E-state index is 13.2. The molecule has 0 aliphatic carbocycles. The number of ether oxygens (including phenoxy) is 1. The summed E-state index contributed by atoms with van der Waals surface area (Å²) in [6.45, 7) is 0.121. The van der Waals surface area contributed by atoms with Crippen LogP contribution in [-0.4, -0.2) is 11.0 Å². The molecule has 0 unspecified atom stereocenters. The maximum Gasteiger partial charge on any atom is 0.170 e. The van der Waals surface area contributed by atoms with E-state index in [1.165, 1.54) is 18.2 Å². The van der Waals surface area contributed by atoms with Crippen LogP contribution in [0, 0.1) is 5.82 Å². The van der Waals surface area contributed by atoms with Crippen molar-refractivity contribution in [2.75, 3.05) is 0 Å². The van der Waals surface area contributed by atoms with Gasteiger partial charge in [-0.05, 0) is 24.3 Å². The predicted molar refractivity (Wildman–Crippen MR) is 74.7 cm³/mol. The number of nitrogens with zero attached hydrogens (tertiary/aromatic N) is 1. The molecule has 0 saturated heterocycles. The summed E-state index contributed by atoms with van der Waals surface area (Å²) in [6.07, 6.45) is 0. The number of hydrogen-bond acceptors (Lipinski definition) is 3. The van der Waals surface area contributed by atoms with Gasteiger partial charge in [-0.1, -0.05) is 35.0 Å². The molecule has 2 rings (SSSR count). The van der Waals surface area contributed by atoms with E-state index in [2.05, 4.69) is 5.16 Å². The van der Waals surface area contributed by atoms with Crippen molar-refractivity contribution in [1.29, 1.82) is 0 Å². The van der Waals surface area contributed by atoms with Crippen LogP contribution in [-0.2, 0) is 6.61 Å². The Bertz CT molecular complexity index is 647. The highest BCUT2D eigenvalue weighted by molar-refractivity contribution is 6.32. The Balaban J connectivity index is 2.24. The average Bonchev–Trinajstić information content (AvgIpc) is 2.46. The second-order valence-corrected chi connectivity index (χ2v) is 4.41. The van der Waals surface area contributed by atoms with E-state index in [-0.39, 0.29) is 18.0 Å². The summed E-state index contributed by atoms with van der Waals surface area (Å²) in [5, 5.41) is 12.1. The van der Waals surface area contributed by atoms with Crippen molar-refractivity contribution in [3.63, 3.8) is 0 Å². The van der Waals surface area contributed by atoms with Crippen molar-refractivity contribution in [2.45, 2.75) is 6.61 Å². The molecule has 0 aromatic heterocycles. The minimum Gasteiger partial charge on any atom is -0.487 e. The number of nitrogens with two attached hydrogens (primary N) is 1. The van der Waals surface area contributed by atoms with E-state index in [1.54, 1.807) is 24.3 Å².